The molecule has 0 saturated carbocycles. The van der Waals surface area contributed by atoms with Crippen molar-refractivity contribution in [2.75, 3.05) is 0 Å². The fourth-order valence-electron chi connectivity index (χ4n) is 6.49. The molecular formula is C43H27N3O. The molecule has 0 aliphatic carbocycles. The first kappa shape index (κ1) is 27.0. The Morgan fingerprint density at radius 3 is 1.68 bits per heavy atom. The molecule has 0 aliphatic heterocycles. The molecule has 0 fully saturated rings. The average molecular weight is 602 g/mol. The van der Waals surface area contributed by atoms with Gasteiger partial charge in [-0.3, -0.25) is 0 Å². The van der Waals surface area contributed by atoms with E-state index in [-0.39, 0.29) is 0 Å². The van der Waals surface area contributed by atoms with Gasteiger partial charge in [-0.05, 0) is 34.0 Å². The third-order valence-electron chi connectivity index (χ3n) is 8.76. The number of hydrogen-bond donors (Lipinski definition) is 0. The summed E-state index contributed by atoms with van der Waals surface area (Å²) in [6, 6.07) is 56.2. The van der Waals surface area contributed by atoms with Crippen LogP contribution in [0.15, 0.2) is 168 Å². The summed E-state index contributed by atoms with van der Waals surface area (Å²) in [6.07, 6.45) is 0. The maximum absolute atomic E-state index is 6.33. The summed E-state index contributed by atoms with van der Waals surface area (Å²) in [7, 11) is 0. The highest BCUT2D eigenvalue weighted by Crippen LogP contribution is 2.39. The molecule has 0 aliphatic rings. The van der Waals surface area contributed by atoms with Crippen LogP contribution in [-0.2, 0) is 0 Å². The predicted molar refractivity (Wildman–Crippen MR) is 192 cm³/mol. The Labute approximate surface area is 271 Å². The van der Waals surface area contributed by atoms with Gasteiger partial charge in [-0.2, -0.15) is 0 Å². The van der Waals surface area contributed by atoms with E-state index in [0.717, 1.165) is 66.3 Å². The zero-order chi connectivity index (χ0) is 31.2. The summed E-state index contributed by atoms with van der Waals surface area (Å²) in [4.78, 5) is 15.2. The number of aromatic nitrogens is 3. The van der Waals surface area contributed by atoms with Crippen molar-refractivity contribution < 1.29 is 4.42 Å². The molecule has 0 radical (unpaired) electrons. The molecule has 220 valence electrons. The minimum absolute atomic E-state index is 0.620. The summed E-state index contributed by atoms with van der Waals surface area (Å²) < 4.78 is 6.33. The van der Waals surface area contributed by atoms with E-state index in [2.05, 4.69) is 109 Å². The van der Waals surface area contributed by atoms with Crippen molar-refractivity contribution in [3.05, 3.63) is 164 Å². The average Bonchev–Trinajstić information content (AvgIpc) is 3.54. The van der Waals surface area contributed by atoms with Gasteiger partial charge >= 0.3 is 0 Å². The van der Waals surface area contributed by atoms with Crippen LogP contribution in [0.2, 0.25) is 0 Å². The molecule has 2 aromatic heterocycles. The van der Waals surface area contributed by atoms with E-state index >= 15 is 0 Å². The number of furan rings is 1. The molecule has 0 atom stereocenters. The van der Waals surface area contributed by atoms with Gasteiger partial charge in [0.25, 0.3) is 0 Å². The van der Waals surface area contributed by atoms with E-state index in [1.54, 1.807) is 0 Å². The Balaban J connectivity index is 1.21. The molecule has 0 bridgehead atoms. The number of nitrogens with zero attached hydrogens (tertiary/aromatic N) is 3. The maximum atomic E-state index is 6.33. The Hall–Kier alpha value is -6.39. The van der Waals surface area contributed by atoms with Crippen molar-refractivity contribution in [3.8, 4) is 56.4 Å². The Bertz CT molecular complexity index is 2550. The van der Waals surface area contributed by atoms with Crippen LogP contribution in [0.25, 0.3) is 89.1 Å². The molecule has 7 aromatic carbocycles. The van der Waals surface area contributed by atoms with E-state index in [1.165, 1.54) is 5.39 Å². The smallest absolute Gasteiger partial charge is 0.164 e. The molecule has 9 rings (SSSR count). The highest BCUT2D eigenvalue weighted by Gasteiger charge is 2.18. The van der Waals surface area contributed by atoms with Crippen LogP contribution in [0, 0.1) is 0 Å². The highest BCUT2D eigenvalue weighted by molar-refractivity contribution is 6.09. The summed E-state index contributed by atoms with van der Waals surface area (Å²) in [5.74, 6) is 1.89. The Morgan fingerprint density at radius 1 is 0.340 bits per heavy atom. The van der Waals surface area contributed by atoms with Gasteiger partial charge in [-0.15, -0.1) is 0 Å². The quantitative estimate of drug-likeness (QED) is 0.197. The van der Waals surface area contributed by atoms with Crippen molar-refractivity contribution in [1.29, 1.82) is 0 Å². The van der Waals surface area contributed by atoms with E-state index in [9.17, 15) is 0 Å². The van der Waals surface area contributed by atoms with Crippen LogP contribution >= 0.6 is 0 Å². The largest absolute Gasteiger partial charge is 0.455 e. The molecule has 0 spiro atoms. The molecule has 4 nitrogen and oxygen atoms in total. The summed E-state index contributed by atoms with van der Waals surface area (Å²) in [6.45, 7) is 0. The molecule has 2 heterocycles. The normalized spacial score (nSPS) is 11.4. The second-order valence-corrected chi connectivity index (χ2v) is 11.6. The molecule has 4 heteroatoms. The molecule has 0 saturated heterocycles. The minimum Gasteiger partial charge on any atom is -0.455 e. The minimum atomic E-state index is 0.620. The van der Waals surface area contributed by atoms with Crippen molar-refractivity contribution >= 4 is 32.7 Å². The molecule has 0 N–H and O–H groups in total. The van der Waals surface area contributed by atoms with Crippen LogP contribution in [0.4, 0.5) is 0 Å². The number of benzene rings is 7. The van der Waals surface area contributed by atoms with Crippen LogP contribution < -0.4 is 0 Å². The number of para-hydroxylation sites is 2. The topological polar surface area (TPSA) is 51.8 Å². The van der Waals surface area contributed by atoms with Gasteiger partial charge in [-0.1, -0.05) is 152 Å². The third-order valence-corrected chi connectivity index (χ3v) is 8.76. The fraction of sp³-hybridized carbons (Fsp3) is 0. The first-order valence-electron chi connectivity index (χ1n) is 15.7. The monoisotopic (exact) mass is 601 g/mol. The third kappa shape index (κ3) is 4.75. The lowest BCUT2D eigenvalue weighted by molar-refractivity contribution is 0.670. The first-order chi connectivity index (χ1) is 23.3. The van der Waals surface area contributed by atoms with Gasteiger partial charge in [0.15, 0.2) is 17.5 Å². The van der Waals surface area contributed by atoms with Crippen LogP contribution in [0.5, 0.6) is 0 Å². The zero-order valence-electron chi connectivity index (χ0n) is 25.3. The highest BCUT2D eigenvalue weighted by atomic mass is 16.3. The van der Waals surface area contributed by atoms with Crippen molar-refractivity contribution in [2.24, 2.45) is 0 Å². The van der Waals surface area contributed by atoms with E-state index in [4.69, 9.17) is 19.4 Å². The van der Waals surface area contributed by atoms with E-state index in [1.807, 2.05) is 54.6 Å². The molecule has 0 amide bonds. The lowest BCUT2D eigenvalue weighted by atomic mass is 9.93. The van der Waals surface area contributed by atoms with Crippen LogP contribution in [0.3, 0.4) is 0 Å². The zero-order valence-corrected chi connectivity index (χ0v) is 25.3. The lowest BCUT2D eigenvalue weighted by Gasteiger charge is -2.15. The number of fused-ring (bicyclic) bond motifs is 4. The van der Waals surface area contributed by atoms with Gasteiger partial charge < -0.3 is 4.42 Å². The Morgan fingerprint density at radius 2 is 0.915 bits per heavy atom. The number of hydrogen-bond acceptors (Lipinski definition) is 4. The van der Waals surface area contributed by atoms with Gasteiger partial charge in [0.2, 0.25) is 0 Å². The summed E-state index contributed by atoms with van der Waals surface area (Å²) in [5.41, 5.74) is 8.93. The van der Waals surface area contributed by atoms with Gasteiger partial charge in [0, 0.05) is 38.6 Å². The van der Waals surface area contributed by atoms with Gasteiger partial charge in [-0.25, -0.2) is 15.0 Å². The standard InChI is InChI=1S/C43H27N3O/c1-3-13-30(14-4-1)39-33-17-8-7-12-28(33)26-27-37(39)43-45-41(31-15-5-2-6-16-31)44-42(46-43)32-24-22-29(23-25-32)34-19-11-20-36-35-18-9-10-21-38(35)47-40(34)36/h1-27H. The second kappa shape index (κ2) is 11.2. The van der Waals surface area contributed by atoms with Crippen LogP contribution in [-0.4, -0.2) is 15.0 Å². The predicted octanol–water partition coefficient (Wildman–Crippen LogP) is 11.3. The molecule has 9 aromatic rings. The first-order valence-corrected chi connectivity index (χ1v) is 15.7. The van der Waals surface area contributed by atoms with E-state index < -0.39 is 0 Å². The van der Waals surface area contributed by atoms with Gasteiger partial charge in [0.1, 0.15) is 11.2 Å². The summed E-state index contributed by atoms with van der Waals surface area (Å²) >= 11 is 0. The van der Waals surface area contributed by atoms with E-state index in [0.29, 0.717) is 17.5 Å². The maximum Gasteiger partial charge on any atom is 0.164 e. The molecular weight excluding hydrogens is 574 g/mol. The molecule has 0 unspecified atom stereocenters. The fourth-order valence-corrected chi connectivity index (χ4v) is 6.49. The second-order valence-electron chi connectivity index (χ2n) is 11.6. The van der Waals surface area contributed by atoms with Crippen molar-refractivity contribution in [1.82, 2.24) is 15.0 Å². The van der Waals surface area contributed by atoms with Crippen molar-refractivity contribution in [2.45, 2.75) is 0 Å². The van der Waals surface area contributed by atoms with Crippen molar-refractivity contribution in [3.63, 3.8) is 0 Å². The lowest BCUT2D eigenvalue weighted by Crippen LogP contribution is -2.01. The van der Waals surface area contributed by atoms with Gasteiger partial charge in [0.05, 0.1) is 0 Å². The van der Waals surface area contributed by atoms with Crippen LogP contribution in [0.1, 0.15) is 0 Å². The number of rotatable bonds is 5. The Kier molecular flexibility index (Phi) is 6.43. The summed E-state index contributed by atoms with van der Waals surface area (Å²) in [5, 5.41) is 4.56. The SMILES string of the molecule is c1ccc(-c2nc(-c3ccc(-c4cccc5c4oc4ccccc45)cc3)nc(-c3ccc4ccccc4c3-c3ccccc3)n2)cc1. The molecule has 47 heavy (non-hydrogen) atoms.